The van der Waals surface area contributed by atoms with E-state index in [4.69, 9.17) is 5.11 Å². The second kappa shape index (κ2) is 15.7. The fourth-order valence-corrected chi connectivity index (χ4v) is 3.91. The van der Waals surface area contributed by atoms with Gasteiger partial charge in [0.15, 0.2) is 0 Å². The maximum atomic E-state index is 12.9. The molecule has 0 spiro atoms. The highest BCUT2D eigenvalue weighted by Gasteiger charge is 2.20. The van der Waals surface area contributed by atoms with Crippen LogP contribution in [-0.4, -0.2) is 69.0 Å². The number of amides is 4. The molecule has 41 heavy (non-hydrogen) atoms. The van der Waals surface area contributed by atoms with E-state index in [9.17, 15) is 19.2 Å². The summed E-state index contributed by atoms with van der Waals surface area (Å²) in [6.07, 6.45) is 2.67. The van der Waals surface area contributed by atoms with Crippen molar-refractivity contribution in [1.29, 1.82) is 0 Å². The quantitative estimate of drug-likeness (QED) is 0.199. The molecule has 3 aromatic rings. The number of carboxylic acid groups (broad SMARTS) is 1. The second-order valence-corrected chi connectivity index (χ2v) is 9.47. The highest BCUT2D eigenvalue weighted by atomic mass is 16.4. The van der Waals surface area contributed by atoms with Gasteiger partial charge < -0.3 is 26.4 Å². The SMILES string of the molecule is C[C@@H](NC(=O)O)C(=O)N[C@H](C)C(=O)NCCc1ccc(NC(=O)CN(Cc2ccccn2)Cc2ccccn2)cc1. The molecule has 0 aliphatic heterocycles. The summed E-state index contributed by atoms with van der Waals surface area (Å²) in [5, 5.41) is 18.9. The van der Waals surface area contributed by atoms with Gasteiger partial charge in [-0.25, -0.2) is 4.79 Å². The number of hydrogen-bond donors (Lipinski definition) is 5. The van der Waals surface area contributed by atoms with Crippen molar-refractivity contribution in [2.24, 2.45) is 0 Å². The van der Waals surface area contributed by atoms with Crippen LogP contribution in [0.3, 0.4) is 0 Å². The van der Waals surface area contributed by atoms with E-state index in [1.165, 1.54) is 13.8 Å². The molecule has 0 bridgehead atoms. The van der Waals surface area contributed by atoms with Crippen LogP contribution >= 0.6 is 0 Å². The second-order valence-electron chi connectivity index (χ2n) is 9.47. The fourth-order valence-electron chi connectivity index (χ4n) is 3.91. The highest BCUT2D eigenvalue weighted by molar-refractivity contribution is 5.92. The molecule has 0 aliphatic rings. The normalized spacial score (nSPS) is 12.2. The fraction of sp³-hybridized carbons (Fsp3) is 0.310. The third-order valence-corrected chi connectivity index (χ3v) is 6.03. The Bertz CT molecular complexity index is 1250. The Labute approximate surface area is 238 Å². The zero-order valence-electron chi connectivity index (χ0n) is 23.0. The van der Waals surface area contributed by atoms with Crippen LogP contribution in [0.5, 0.6) is 0 Å². The van der Waals surface area contributed by atoms with Crippen LogP contribution in [0.2, 0.25) is 0 Å². The van der Waals surface area contributed by atoms with Crippen LogP contribution in [0.4, 0.5) is 10.5 Å². The molecular weight excluding hydrogens is 526 g/mol. The molecular formula is C29H35N7O5. The number of nitrogens with zero attached hydrogens (tertiary/aromatic N) is 3. The third kappa shape index (κ3) is 11.0. The number of carbonyl (C=O) groups is 4. The Kier molecular flexibility index (Phi) is 11.7. The summed E-state index contributed by atoms with van der Waals surface area (Å²) in [6, 6.07) is 16.9. The lowest BCUT2D eigenvalue weighted by molar-refractivity contribution is -0.129. The van der Waals surface area contributed by atoms with Crippen molar-refractivity contribution in [2.45, 2.75) is 45.4 Å². The number of aromatic nitrogens is 2. The van der Waals surface area contributed by atoms with Gasteiger partial charge in [-0.3, -0.25) is 29.3 Å². The summed E-state index contributed by atoms with van der Waals surface area (Å²) in [5.74, 6) is -1.14. The number of benzene rings is 1. The van der Waals surface area contributed by atoms with Crippen molar-refractivity contribution < 1.29 is 24.3 Å². The molecule has 2 atom stereocenters. The van der Waals surface area contributed by atoms with Gasteiger partial charge in [-0.2, -0.15) is 0 Å². The molecule has 5 N–H and O–H groups in total. The molecule has 0 aliphatic carbocycles. The Balaban J connectivity index is 1.46. The average Bonchev–Trinajstić information content (AvgIpc) is 2.94. The molecule has 2 heterocycles. The van der Waals surface area contributed by atoms with Crippen LogP contribution in [-0.2, 0) is 33.9 Å². The van der Waals surface area contributed by atoms with E-state index in [1.54, 1.807) is 24.5 Å². The predicted molar refractivity (Wildman–Crippen MR) is 153 cm³/mol. The van der Waals surface area contributed by atoms with Gasteiger partial charge in [0.05, 0.1) is 17.9 Å². The summed E-state index contributed by atoms with van der Waals surface area (Å²) >= 11 is 0. The first kappa shape index (κ1) is 30.7. The highest BCUT2D eigenvalue weighted by Crippen LogP contribution is 2.12. The van der Waals surface area contributed by atoms with Gasteiger partial charge in [0.1, 0.15) is 12.1 Å². The molecule has 0 saturated carbocycles. The molecule has 4 amide bonds. The van der Waals surface area contributed by atoms with E-state index in [1.807, 2.05) is 58.7 Å². The van der Waals surface area contributed by atoms with E-state index in [2.05, 4.69) is 25.9 Å². The first-order valence-corrected chi connectivity index (χ1v) is 13.2. The first-order chi connectivity index (χ1) is 19.7. The standard InChI is InChI=1S/C29H35N7O5/c1-20(33-28(39)21(2)34-29(40)41)27(38)32-16-13-22-9-11-23(12-10-22)35-26(37)19-36(17-24-7-3-5-14-30-24)18-25-8-4-6-15-31-25/h3-12,14-15,20-21,34H,13,16-19H2,1-2H3,(H,32,38)(H,33,39)(H,35,37)(H,40,41)/t20-,21-/m1/s1. The zero-order chi connectivity index (χ0) is 29.6. The number of anilines is 1. The van der Waals surface area contributed by atoms with E-state index in [-0.39, 0.29) is 18.4 Å². The molecule has 0 fully saturated rings. The molecule has 12 nitrogen and oxygen atoms in total. The average molecular weight is 562 g/mol. The van der Waals surface area contributed by atoms with E-state index in [0.29, 0.717) is 31.7 Å². The number of pyridine rings is 2. The Morgan fingerprint density at radius 1 is 0.805 bits per heavy atom. The number of nitrogens with one attached hydrogen (secondary N) is 4. The summed E-state index contributed by atoms with van der Waals surface area (Å²) in [7, 11) is 0. The molecule has 3 rings (SSSR count). The van der Waals surface area contributed by atoms with Gasteiger partial charge in [-0.15, -0.1) is 0 Å². The van der Waals surface area contributed by atoms with Gasteiger partial charge in [-0.1, -0.05) is 24.3 Å². The summed E-state index contributed by atoms with van der Waals surface area (Å²) in [6.45, 7) is 4.39. The minimum Gasteiger partial charge on any atom is -0.465 e. The first-order valence-electron chi connectivity index (χ1n) is 13.2. The lowest BCUT2D eigenvalue weighted by Crippen LogP contribution is -2.51. The Morgan fingerprint density at radius 3 is 1.93 bits per heavy atom. The van der Waals surface area contributed by atoms with Crippen LogP contribution in [0.15, 0.2) is 73.1 Å². The Morgan fingerprint density at radius 2 is 1.39 bits per heavy atom. The van der Waals surface area contributed by atoms with Crippen LogP contribution < -0.4 is 21.3 Å². The van der Waals surface area contributed by atoms with Gasteiger partial charge in [0.25, 0.3) is 0 Å². The summed E-state index contributed by atoms with van der Waals surface area (Å²) in [5.41, 5.74) is 3.31. The van der Waals surface area contributed by atoms with Crippen LogP contribution in [0.1, 0.15) is 30.8 Å². The number of hydrogen-bond acceptors (Lipinski definition) is 7. The maximum Gasteiger partial charge on any atom is 0.405 e. The molecule has 0 radical (unpaired) electrons. The molecule has 0 saturated heterocycles. The number of rotatable bonds is 14. The smallest absolute Gasteiger partial charge is 0.405 e. The van der Waals surface area contributed by atoms with Crippen LogP contribution in [0.25, 0.3) is 0 Å². The van der Waals surface area contributed by atoms with Gasteiger partial charge in [-0.05, 0) is 62.2 Å². The third-order valence-electron chi connectivity index (χ3n) is 6.03. The van der Waals surface area contributed by atoms with Crippen molar-refractivity contribution in [3.8, 4) is 0 Å². The molecule has 2 aromatic heterocycles. The molecule has 12 heteroatoms. The molecule has 216 valence electrons. The monoisotopic (exact) mass is 561 g/mol. The Hall–Kier alpha value is -4.84. The van der Waals surface area contributed by atoms with E-state index < -0.39 is 24.1 Å². The van der Waals surface area contributed by atoms with Crippen molar-refractivity contribution in [3.05, 3.63) is 90.0 Å². The van der Waals surface area contributed by atoms with Gasteiger partial charge in [0.2, 0.25) is 17.7 Å². The minimum absolute atomic E-state index is 0.154. The lowest BCUT2D eigenvalue weighted by Gasteiger charge is -2.21. The largest absolute Gasteiger partial charge is 0.465 e. The van der Waals surface area contributed by atoms with Gasteiger partial charge in [0, 0.05) is 37.7 Å². The van der Waals surface area contributed by atoms with Crippen molar-refractivity contribution in [3.63, 3.8) is 0 Å². The lowest BCUT2D eigenvalue weighted by atomic mass is 10.1. The molecule has 0 unspecified atom stereocenters. The topological polar surface area (TPSA) is 166 Å². The van der Waals surface area contributed by atoms with Gasteiger partial charge >= 0.3 is 6.09 Å². The summed E-state index contributed by atoms with van der Waals surface area (Å²) in [4.78, 5) is 58.5. The van der Waals surface area contributed by atoms with Crippen molar-refractivity contribution in [1.82, 2.24) is 30.8 Å². The number of carbonyl (C=O) groups excluding carboxylic acids is 3. The minimum atomic E-state index is -1.32. The van der Waals surface area contributed by atoms with Crippen molar-refractivity contribution >= 4 is 29.5 Å². The van der Waals surface area contributed by atoms with Crippen molar-refractivity contribution in [2.75, 3.05) is 18.4 Å². The predicted octanol–water partition coefficient (Wildman–Crippen LogP) is 1.94. The summed E-state index contributed by atoms with van der Waals surface area (Å²) < 4.78 is 0. The zero-order valence-corrected chi connectivity index (χ0v) is 23.0. The van der Waals surface area contributed by atoms with Crippen LogP contribution in [0, 0.1) is 0 Å². The van der Waals surface area contributed by atoms with E-state index >= 15 is 0 Å². The maximum absolute atomic E-state index is 12.9. The molecule has 1 aromatic carbocycles. The van der Waals surface area contributed by atoms with E-state index in [0.717, 1.165) is 17.0 Å².